The van der Waals surface area contributed by atoms with Gasteiger partial charge in [0.2, 0.25) is 0 Å². The van der Waals surface area contributed by atoms with Crippen LogP contribution >= 0.6 is 34.8 Å². The summed E-state index contributed by atoms with van der Waals surface area (Å²) in [6.45, 7) is 0.254. The van der Waals surface area contributed by atoms with Crippen molar-refractivity contribution in [1.29, 1.82) is 5.26 Å². The molecule has 0 aliphatic rings. The molecule has 25 heavy (non-hydrogen) atoms. The number of aromatic hydroxyl groups is 4. The normalized spacial score (nSPS) is 11.0. The van der Waals surface area contributed by atoms with Crippen LogP contribution in [0, 0.1) is 14.9 Å². The molecule has 0 unspecified atom stereocenters. The molecule has 0 heterocycles. The highest BCUT2D eigenvalue weighted by atomic mass is 127. The monoisotopic (exact) mass is 468 g/mol. The van der Waals surface area contributed by atoms with E-state index in [2.05, 4.69) is 5.32 Å². The minimum atomic E-state index is -0.283. The third kappa shape index (κ3) is 4.74. The van der Waals surface area contributed by atoms with E-state index >= 15 is 0 Å². The molecule has 5 N–H and O–H groups in total. The van der Waals surface area contributed by atoms with Crippen molar-refractivity contribution < 1.29 is 20.4 Å². The first kappa shape index (κ1) is 18.8. The number of rotatable bonds is 4. The lowest BCUT2D eigenvalue weighted by Crippen LogP contribution is -2.22. The Kier molecular flexibility index (Phi) is 6.06. The van der Waals surface area contributed by atoms with Gasteiger partial charge in [-0.3, -0.25) is 0 Å². The van der Waals surface area contributed by atoms with Crippen LogP contribution in [0.2, 0.25) is 0 Å². The summed E-state index contributed by atoms with van der Waals surface area (Å²) in [5.74, 6) is -0.959. The molecule has 0 radical (unpaired) electrons. The van der Waals surface area contributed by atoms with Gasteiger partial charge in [0.1, 0.15) is 11.1 Å². The Hall–Kier alpha value is -2.51. The Morgan fingerprint density at radius 3 is 2.44 bits per heavy atom. The molecule has 8 heteroatoms. The fourth-order valence-electron chi connectivity index (χ4n) is 1.96. The highest BCUT2D eigenvalue weighted by Crippen LogP contribution is 2.32. The molecule has 0 aliphatic carbocycles. The Balaban J connectivity index is 2.15. The highest BCUT2D eigenvalue weighted by Gasteiger charge is 2.09. The largest absolute Gasteiger partial charge is 0.504 e. The summed E-state index contributed by atoms with van der Waals surface area (Å²) >= 11 is 7.06. The van der Waals surface area contributed by atoms with Crippen LogP contribution < -0.4 is 5.32 Å². The van der Waals surface area contributed by atoms with Gasteiger partial charge in [0.15, 0.2) is 23.0 Å². The van der Waals surface area contributed by atoms with Gasteiger partial charge in [0.05, 0.1) is 9.14 Å². The van der Waals surface area contributed by atoms with Crippen LogP contribution in [0.4, 0.5) is 0 Å². The van der Waals surface area contributed by atoms with E-state index in [4.69, 9.17) is 12.2 Å². The van der Waals surface area contributed by atoms with Crippen LogP contribution in [0.5, 0.6) is 23.0 Å². The number of phenolic OH excluding ortho intramolecular Hbond substituents is 4. The van der Waals surface area contributed by atoms with Gasteiger partial charge in [-0.1, -0.05) is 18.3 Å². The second kappa shape index (κ2) is 8.04. The van der Waals surface area contributed by atoms with Gasteiger partial charge in [0, 0.05) is 6.54 Å². The van der Waals surface area contributed by atoms with Crippen molar-refractivity contribution in [3.05, 3.63) is 50.6 Å². The maximum absolute atomic E-state index is 9.65. The van der Waals surface area contributed by atoms with Gasteiger partial charge in [0.25, 0.3) is 0 Å². The first-order valence-electron chi connectivity index (χ1n) is 6.94. The molecular weight excluding hydrogens is 455 g/mol. The third-order valence-corrected chi connectivity index (χ3v) is 4.42. The lowest BCUT2D eigenvalue weighted by Gasteiger charge is -2.09. The molecular formula is C17H13IN2O4S. The molecule has 0 fully saturated rings. The van der Waals surface area contributed by atoms with E-state index in [1.165, 1.54) is 24.3 Å². The first-order valence-corrected chi connectivity index (χ1v) is 8.43. The summed E-state index contributed by atoms with van der Waals surface area (Å²) in [7, 11) is 0. The van der Waals surface area contributed by atoms with Crippen molar-refractivity contribution >= 4 is 45.9 Å². The van der Waals surface area contributed by atoms with E-state index in [1.807, 2.05) is 28.7 Å². The highest BCUT2D eigenvalue weighted by molar-refractivity contribution is 14.1. The molecule has 0 bridgehead atoms. The number of nitrogens with one attached hydrogen (secondary N) is 1. The maximum atomic E-state index is 9.65. The van der Waals surface area contributed by atoms with E-state index in [0.717, 1.165) is 0 Å². The molecule has 0 amide bonds. The number of benzene rings is 2. The second-order valence-corrected chi connectivity index (χ2v) is 6.62. The zero-order valence-corrected chi connectivity index (χ0v) is 15.7. The summed E-state index contributed by atoms with van der Waals surface area (Å²) in [5.41, 5.74) is 1.37. The fraction of sp³-hybridized carbons (Fsp3) is 0.0588. The predicted octanol–water partition coefficient (Wildman–Crippen LogP) is 3.14. The number of nitriles is 1. The Bertz CT molecular complexity index is 883. The van der Waals surface area contributed by atoms with E-state index < -0.39 is 0 Å². The summed E-state index contributed by atoms with van der Waals surface area (Å²) in [6, 6.07) is 9.28. The predicted molar refractivity (Wildman–Crippen MR) is 105 cm³/mol. The van der Waals surface area contributed by atoms with Gasteiger partial charge < -0.3 is 25.7 Å². The summed E-state index contributed by atoms with van der Waals surface area (Å²) < 4.78 is 0.444. The van der Waals surface area contributed by atoms with Crippen LogP contribution in [0.1, 0.15) is 11.1 Å². The van der Waals surface area contributed by atoms with Crippen molar-refractivity contribution in [2.45, 2.75) is 6.54 Å². The molecule has 0 saturated heterocycles. The molecule has 128 valence electrons. The van der Waals surface area contributed by atoms with Crippen molar-refractivity contribution in [3.8, 4) is 29.1 Å². The Labute approximate surface area is 162 Å². The molecule has 2 aromatic rings. The average Bonchev–Trinajstić information content (AvgIpc) is 2.58. The molecule has 2 aromatic carbocycles. The molecule has 2 rings (SSSR count). The van der Waals surface area contributed by atoms with Crippen LogP contribution in [-0.4, -0.2) is 25.4 Å². The van der Waals surface area contributed by atoms with Crippen molar-refractivity contribution in [2.24, 2.45) is 0 Å². The van der Waals surface area contributed by atoms with Crippen LogP contribution in [-0.2, 0) is 6.54 Å². The quantitative estimate of drug-likeness (QED) is 0.154. The molecule has 6 nitrogen and oxygen atoms in total. The molecule has 0 aromatic heterocycles. The van der Waals surface area contributed by atoms with E-state index in [-0.39, 0.29) is 40.1 Å². The smallest absolute Gasteiger partial charge is 0.171 e. The number of thiocarbonyl (C=S) groups is 1. The number of nitrogens with zero attached hydrogens (tertiary/aromatic N) is 1. The maximum Gasteiger partial charge on any atom is 0.171 e. The summed E-state index contributed by atoms with van der Waals surface area (Å²) in [4.78, 5) is 0.192. The standard InChI is InChI=1S/C17H13IN2O4S/c18-12-4-10(6-15(23)16(12)24)3-11(7-19)17(25)20-8-9-1-2-13(21)14(22)5-9/h1-6,21-24H,8H2,(H,20,25). The fourth-order valence-corrected chi connectivity index (χ4v) is 2.77. The van der Waals surface area contributed by atoms with Crippen LogP contribution in [0.25, 0.3) is 6.08 Å². The van der Waals surface area contributed by atoms with Crippen LogP contribution in [0.15, 0.2) is 35.9 Å². The lowest BCUT2D eigenvalue weighted by molar-refractivity contribution is 0.401. The van der Waals surface area contributed by atoms with Gasteiger partial charge in [-0.2, -0.15) is 5.26 Å². The van der Waals surface area contributed by atoms with Gasteiger partial charge in [-0.05, 0) is 64.1 Å². The van der Waals surface area contributed by atoms with E-state index in [9.17, 15) is 25.7 Å². The zero-order valence-electron chi connectivity index (χ0n) is 12.7. The minimum Gasteiger partial charge on any atom is -0.504 e. The number of phenols is 4. The van der Waals surface area contributed by atoms with Crippen molar-refractivity contribution in [3.63, 3.8) is 0 Å². The van der Waals surface area contributed by atoms with Gasteiger partial charge >= 0.3 is 0 Å². The molecule has 0 spiro atoms. The summed E-state index contributed by atoms with van der Waals surface area (Å²) in [6.07, 6.45) is 1.49. The van der Waals surface area contributed by atoms with Gasteiger partial charge in [-0.15, -0.1) is 0 Å². The first-order chi connectivity index (χ1) is 11.8. The number of halogens is 1. The average molecular weight is 468 g/mol. The second-order valence-electron chi connectivity index (χ2n) is 5.05. The van der Waals surface area contributed by atoms with Crippen molar-refractivity contribution in [2.75, 3.05) is 0 Å². The van der Waals surface area contributed by atoms with Gasteiger partial charge in [-0.25, -0.2) is 0 Å². The van der Waals surface area contributed by atoms with Crippen molar-refractivity contribution in [1.82, 2.24) is 5.32 Å². The number of hydrogen-bond donors (Lipinski definition) is 5. The van der Waals surface area contributed by atoms with E-state index in [1.54, 1.807) is 12.1 Å². The summed E-state index contributed by atoms with van der Waals surface area (Å²) in [5, 5.41) is 50.2. The van der Waals surface area contributed by atoms with E-state index in [0.29, 0.717) is 14.7 Å². The lowest BCUT2D eigenvalue weighted by atomic mass is 10.1. The SMILES string of the molecule is N#CC(=Cc1cc(O)c(O)c(I)c1)C(=S)NCc1ccc(O)c(O)c1. The molecule has 0 atom stereocenters. The van der Waals surface area contributed by atoms with Crippen LogP contribution in [0.3, 0.4) is 0 Å². The number of hydrogen-bond acceptors (Lipinski definition) is 6. The topological polar surface area (TPSA) is 117 Å². The molecule has 0 aliphatic heterocycles. The minimum absolute atomic E-state index is 0.180. The Morgan fingerprint density at radius 2 is 1.84 bits per heavy atom. The third-order valence-electron chi connectivity index (χ3n) is 3.23. The Morgan fingerprint density at radius 1 is 1.12 bits per heavy atom. The molecule has 0 saturated carbocycles. The zero-order chi connectivity index (χ0) is 18.6.